The van der Waals surface area contributed by atoms with E-state index in [2.05, 4.69) is 11.2 Å². The van der Waals surface area contributed by atoms with E-state index in [9.17, 15) is 9.59 Å². The SMILES string of the molecule is C#CC(C(C)C)N1C(=O)C(C)(C)NC(=O)C1CC. The standard InChI is InChI=1S/C14H22N2O2/c1-7-10(9(3)4)16-11(8-2)12(17)15-14(5,6)13(16)18/h1,9-11H,8H2,2-6H3,(H,15,17). The quantitative estimate of drug-likeness (QED) is 0.764. The molecular weight excluding hydrogens is 228 g/mol. The van der Waals surface area contributed by atoms with E-state index < -0.39 is 11.6 Å². The molecular formula is C14H22N2O2. The molecule has 1 saturated heterocycles. The molecule has 100 valence electrons. The summed E-state index contributed by atoms with van der Waals surface area (Å²) in [6.07, 6.45) is 6.11. The van der Waals surface area contributed by atoms with Crippen molar-refractivity contribution in [1.82, 2.24) is 10.2 Å². The fraction of sp³-hybridized carbons (Fsp3) is 0.714. The van der Waals surface area contributed by atoms with Crippen LogP contribution in [0.25, 0.3) is 0 Å². The summed E-state index contributed by atoms with van der Waals surface area (Å²) in [6.45, 7) is 9.23. The molecule has 0 radical (unpaired) electrons. The Kier molecular flexibility index (Phi) is 4.05. The maximum atomic E-state index is 12.5. The zero-order chi connectivity index (χ0) is 14.1. The van der Waals surface area contributed by atoms with E-state index >= 15 is 0 Å². The Balaban J connectivity index is 3.20. The van der Waals surface area contributed by atoms with Crippen LogP contribution >= 0.6 is 0 Å². The number of carbonyl (C=O) groups is 2. The van der Waals surface area contributed by atoms with Crippen molar-refractivity contribution in [2.75, 3.05) is 0 Å². The second kappa shape index (κ2) is 5.01. The summed E-state index contributed by atoms with van der Waals surface area (Å²) in [5, 5.41) is 2.76. The van der Waals surface area contributed by atoms with Gasteiger partial charge in [-0.3, -0.25) is 9.59 Å². The van der Waals surface area contributed by atoms with E-state index in [1.807, 2.05) is 20.8 Å². The van der Waals surface area contributed by atoms with Crippen LogP contribution in [0.2, 0.25) is 0 Å². The first-order valence-electron chi connectivity index (χ1n) is 6.37. The average molecular weight is 250 g/mol. The third kappa shape index (κ3) is 2.35. The molecule has 0 spiro atoms. The fourth-order valence-electron chi connectivity index (χ4n) is 2.33. The van der Waals surface area contributed by atoms with E-state index in [1.54, 1.807) is 18.7 Å². The maximum absolute atomic E-state index is 12.5. The molecule has 0 aromatic rings. The lowest BCUT2D eigenvalue weighted by Crippen LogP contribution is -2.70. The Bertz CT molecular complexity index is 393. The van der Waals surface area contributed by atoms with Crippen molar-refractivity contribution in [3.8, 4) is 12.3 Å². The average Bonchev–Trinajstić information content (AvgIpc) is 2.25. The molecule has 2 unspecified atom stereocenters. The number of nitrogens with one attached hydrogen (secondary N) is 1. The van der Waals surface area contributed by atoms with E-state index in [-0.39, 0.29) is 23.8 Å². The van der Waals surface area contributed by atoms with Gasteiger partial charge in [-0.25, -0.2) is 0 Å². The predicted molar refractivity (Wildman–Crippen MR) is 70.6 cm³/mol. The van der Waals surface area contributed by atoms with Crippen molar-refractivity contribution in [3.05, 3.63) is 0 Å². The Labute approximate surface area is 109 Å². The smallest absolute Gasteiger partial charge is 0.249 e. The van der Waals surface area contributed by atoms with Gasteiger partial charge >= 0.3 is 0 Å². The van der Waals surface area contributed by atoms with Crippen molar-refractivity contribution >= 4 is 11.8 Å². The Morgan fingerprint density at radius 1 is 1.44 bits per heavy atom. The van der Waals surface area contributed by atoms with Gasteiger partial charge in [-0.2, -0.15) is 0 Å². The van der Waals surface area contributed by atoms with Gasteiger partial charge in [-0.1, -0.05) is 26.7 Å². The van der Waals surface area contributed by atoms with Crippen LogP contribution < -0.4 is 5.32 Å². The van der Waals surface area contributed by atoms with Gasteiger partial charge in [0.15, 0.2) is 0 Å². The third-order valence-electron chi connectivity index (χ3n) is 3.33. The molecule has 1 aliphatic rings. The second-order valence-electron chi connectivity index (χ2n) is 5.61. The van der Waals surface area contributed by atoms with Crippen LogP contribution in [-0.4, -0.2) is 34.3 Å². The van der Waals surface area contributed by atoms with E-state index in [0.29, 0.717) is 6.42 Å². The lowest BCUT2D eigenvalue weighted by molar-refractivity contribution is -0.156. The summed E-state index contributed by atoms with van der Waals surface area (Å²) in [5.41, 5.74) is -0.882. The topological polar surface area (TPSA) is 49.4 Å². The van der Waals surface area contributed by atoms with Gasteiger partial charge in [0, 0.05) is 0 Å². The lowest BCUT2D eigenvalue weighted by atomic mass is 9.91. The van der Waals surface area contributed by atoms with Gasteiger partial charge in [0.05, 0.1) is 6.04 Å². The maximum Gasteiger partial charge on any atom is 0.249 e. The van der Waals surface area contributed by atoms with Crippen molar-refractivity contribution in [3.63, 3.8) is 0 Å². The molecule has 0 aromatic carbocycles. The number of amides is 2. The van der Waals surface area contributed by atoms with Crippen molar-refractivity contribution < 1.29 is 9.59 Å². The number of terminal acetylenes is 1. The van der Waals surface area contributed by atoms with Gasteiger partial charge in [0.2, 0.25) is 11.8 Å². The lowest BCUT2D eigenvalue weighted by Gasteiger charge is -2.45. The molecule has 1 aliphatic heterocycles. The van der Waals surface area contributed by atoms with Crippen LogP contribution in [0, 0.1) is 18.3 Å². The zero-order valence-corrected chi connectivity index (χ0v) is 11.8. The highest BCUT2D eigenvalue weighted by molar-refractivity contribution is 5.99. The number of hydrogen-bond acceptors (Lipinski definition) is 2. The largest absolute Gasteiger partial charge is 0.340 e. The van der Waals surface area contributed by atoms with Gasteiger partial charge in [0.25, 0.3) is 0 Å². The molecule has 1 heterocycles. The molecule has 0 aliphatic carbocycles. The number of hydrogen-bond donors (Lipinski definition) is 1. The van der Waals surface area contributed by atoms with Crippen LogP contribution in [-0.2, 0) is 9.59 Å². The molecule has 4 nitrogen and oxygen atoms in total. The number of rotatable bonds is 3. The minimum absolute atomic E-state index is 0.106. The highest BCUT2D eigenvalue weighted by Crippen LogP contribution is 2.25. The number of carbonyl (C=O) groups excluding carboxylic acids is 2. The first-order valence-corrected chi connectivity index (χ1v) is 6.37. The molecule has 4 heteroatoms. The summed E-state index contributed by atoms with van der Waals surface area (Å²) in [4.78, 5) is 26.1. The Morgan fingerprint density at radius 3 is 2.39 bits per heavy atom. The molecule has 0 aromatic heterocycles. The van der Waals surface area contributed by atoms with Gasteiger partial charge < -0.3 is 10.2 Å². The first kappa shape index (κ1) is 14.6. The zero-order valence-electron chi connectivity index (χ0n) is 11.8. The third-order valence-corrected chi connectivity index (χ3v) is 3.33. The van der Waals surface area contributed by atoms with Gasteiger partial charge in [0.1, 0.15) is 11.6 Å². The monoisotopic (exact) mass is 250 g/mol. The molecule has 0 bridgehead atoms. The number of piperazine rings is 1. The highest BCUT2D eigenvalue weighted by atomic mass is 16.2. The van der Waals surface area contributed by atoms with Crippen LogP contribution in [0.1, 0.15) is 41.0 Å². The second-order valence-corrected chi connectivity index (χ2v) is 5.61. The van der Waals surface area contributed by atoms with Gasteiger partial charge in [-0.15, -0.1) is 6.42 Å². The normalized spacial score (nSPS) is 24.7. The summed E-state index contributed by atoms with van der Waals surface area (Å²) < 4.78 is 0. The minimum atomic E-state index is -0.882. The molecule has 1 rings (SSSR count). The molecule has 2 atom stereocenters. The van der Waals surface area contributed by atoms with Crippen LogP contribution in [0.4, 0.5) is 0 Å². The predicted octanol–water partition coefficient (Wildman–Crippen LogP) is 1.16. The summed E-state index contributed by atoms with van der Waals surface area (Å²) >= 11 is 0. The Hall–Kier alpha value is -1.50. The van der Waals surface area contributed by atoms with Crippen molar-refractivity contribution in [1.29, 1.82) is 0 Å². The summed E-state index contributed by atoms with van der Waals surface area (Å²) in [5.74, 6) is 2.54. The first-order chi connectivity index (χ1) is 8.26. The van der Waals surface area contributed by atoms with Crippen LogP contribution in [0.5, 0.6) is 0 Å². The molecule has 1 N–H and O–H groups in total. The van der Waals surface area contributed by atoms with E-state index in [1.165, 1.54) is 0 Å². The van der Waals surface area contributed by atoms with Crippen LogP contribution in [0.15, 0.2) is 0 Å². The van der Waals surface area contributed by atoms with Crippen molar-refractivity contribution in [2.45, 2.75) is 58.7 Å². The summed E-state index contributed by atoms with van der Waals surface area (Å²) in [6, 6.07) is -0.804. The molecule has 0 saturated carbocycles. The van der Waals surface area contributed by atoms with E-state index in [4.69, 9.17) is 6.42 Å². The molecule has 18 heavy (non-hydrogen) atoms. The number of nitrogens with zero attached hydrogens (tertiary/aromatic N) is 1. The van der Waals surface area contributed by atoms with Crippen LogP contribution in [0.3, 0.4) is 0 Å². The molecule has 2 amide bonds. The molecule has 1 fully saturated rings. The van der Waals surface area contributed by atoms with E-state index in [0.717, 1.165) is 0 Å². The summed E-state index contributed by atoms with van der Waals surface area (Å²) in [7, 11) is 0. The highest BCUT2D eigenvalue weighted by Gasteiger charge is 2.47. The van der Waals surface area contributed by atoms with Crippen molar-refractivity contribution in [2.24, 2.45) is 5.92 Å². The fourth-order valence-corrected chi connectivity index (χ4v) is 2.33. The van der Waals surface area contributed by atoms with Gasteiger partial charge in [-0.05, 0) is 26.2 Å². The Morgan fingerprint density at radius 2 is 2.00 bits per heavy atom. The minimum Gasteiger partial charge on any atom is -0.340 e.